The van der Waals surface area contributed by atoms with E-state index in [0.29, 0.717) is 6.17 Å². The average Bonchev–Trinajstić information content (AvgIpc) is 2.37. The Kier molecular flexibility index (Phi) is 7.66. The van der Waals surface area contributed by atoms with E-state index in [9.17, 15) is 0 Å². The molecular weight excluding hydrogens is 243 g/mol. The summed E-state index contributed by atoms with van der Waals surface area (Å²) in [6, 6.07) is 0. The van der Waals surface area contributed by atoms with Crippen molar-refractivity contribution in [2.75, 3.05) is 40.3 Å². The zero-order valence-corrected chi connectivity index (χ0v) is 13.7. The van der Waals surface area contributed by atoms with Gasteiger partial charge < -0.3 is 5.32 Å². The second-order valence-corrected chi connectivity index (χ2v) is 7.39. The number of unbranched alkanes of at least 4 members (excludes halogenated alkanes) is 1. The molecule has 0 aliphatic carbocycles. The zero-order valence-electron chi connectivity index (χ0n) is 12.8. The Hall–Kier alpha value is 0.270. The topological polar surface area (TPSA) is 21.8 Å². The second-order valence-electron chi connectivity index (χ2n) is 4.97. The maximum Gasteiger partial charge on any atom is 0.121 e. The second kappa shape index (κ2) is 8.44. The molecule has 1 N–H and O–H groups in total. The Bertz CT molecular complexity index is 223. The molecule has 1 aliphatic rings. The predicted octanol–water partition coefficient (Wildman–Crippen LogP) is 2.54. The van der Waals surface area contributed by atoms with Gasteiger partial charge >= 0.3 is 0 Å². The fourth-order valence-electron chi connectivity index (χ4n) is 2.52. The summed E-state index contributed by atoms with van der Waals surface area (Å²) < 4.78 is 7.67. The van der Waals surface area contributed by atoms with Gasteiger partial charge in [0, 0.05) is 19.6 Å². The minimum Gasteiger partial charge on any atom is -0.301 e. The lowest BCUT2D eigenvalue weighted by Gasteiger charge is -2.48. The van der Waals surface area contributed by atoms with Crippen LogP contribution in [0.4, 0.5) is 0 Å². The van der Waals surface area contributed by atoms with Crippen molar-refractivity contribution in [3.8, 4) is 0 Å². The van der Waals surface area contributed by atoms with Crippen molar-refractivity contribution in [3.05, 3.63) is 0 Å². The van der Waals surface area contributed by atoms with Gasteiger partial charge in [0.05, 0.1) is 6.17 Å². The molecule has 0 saturated carbocycles. The molecule has 1 rings (SSSR count). The van der Waals surface area contributed by atoms with Gasteiger partial charge in [0.25, 0.3) is 0 Å². The highest BCUT2D eigenvalue weighted by molar-refractivity contribution is 7.50. The van der Waals surface area contributed by atoms with Gasteiger partial charge in [-0.05, 0) is 33.5 Å². The molecule has 18 heavy (non-hydrogen) atoms. The van der Waals surface area contributed by atoms with Crippen LogP contribution in [0, 0.1) is 0 Å². The Morgan fingerprint density at radius 2 is 1.89 bits per heavy atom. The Morgan fingerprint density at radius 3 is 2.44 bits per heavy atom. The van der Waals surface area contributed by atoms with Crippen LogP contribution in [-0.2, 0) is 0 Å². The summed E-state index contributed by atoms with van der Waals surface area (Å²) in [5.74, 6) is 0. The molecule has 0 aromatic carbocycles. The molecule has 2 unspecified atom stereocenters. The normalized spacial score (nSPS) is 27.0. The Labute approximate surface area is 115 Å². The monoisotopic (exact) mass is 274 g/mol. The molecule has 0 spiro atoms. The molecule has 1 fully saturated rings. The predicted molar refractivity (Wildman–Crippen MR) is 81.5 cm³/mol. The van der Waals surface area contributed by atoms with Crippen LogP contribution in [-0.4, -0.2) is 60.5 Å². The lowest BCUT2D eigenvalue weighted by atomic mass is 10.3. The minimum absolute atomic E-state index is 0.280. The van der Waals surface area contributed by atoms with Crippen molar-refractivity contribution in [1.82, 2.24) is 19.3 Å². The number of rotatable bonds is 7. The molecule has 1 aliphatic heterocycles. The van der Waals surface area contributed by atoms with E-state index in [1.54, 1.807) is 0 Å². The molecule has 1 heterocycles. The summed E-state index contributed by atoms with van der Waals surface area (Å²) in [6.45, 7) is 11.4. The minimum atomic E-state index is -0.280. The van der Waals surface area contributed by atoms with E-state index in [1.165, 1.54) is 25.8 Å². The number of nitrogens with one attached hydrogen (secondary N) is 1. The van der Waals surface area contributed by atoms with Crippen molar-refractivity contribution in [2.45, 2.75) is 46.2 Å². The number of hydrogen-bond acceptors (Lipinski definition) is 4. The van der Waals surface area contributed by atoms with Crippen LogP contribution in [0.25, 0.3) is 0 Å². The van der Waals surface area contributed by atoms with Crippen molar-refractivity contribution < 1.29 is 0 Å². The molecule has 108 valence electrons. The Morgan fingerprint density at radius 1 is 1.22 bits per heavy atom. The molecular formula is C13H31N4P. The molecule has 5 heteroatoms. The fraction of sp³-hybridized carbons (Fsp3) is 1.00. The highest BCUT2D eigenvalue weighted by Gasteiger charge is 2.34. The van der Waals surface area contributed by atoms with Crippen LogP contribution >= 0.6 is 8.37 Å². The van der Waals surface area contributed by atoms with Crippen LogP contribution in [0.3, 0.4) is 0 Å². The van der Waals surface area contributed by atoms with Crippen LogP contribution in [0.15, 0.2) is 0 Å². The van der Waals surface area contributed by atoms with E-state index in [0.717, 1.165) is 19.6 Å². The van der Waals surface area contributed by atoms with Gasteiger partial charge in [-0.15, -0.1) is 0 Å². The standard InChI is InChI=1S/C13H31N4P/c1-6-9-11-14-13-10-12-15(4)18(16(13)5)17(7-2)8-3/h13-14H,6-12H2,1-5H3. The molecule has 0 aromatic heterocycles. The summed E-state index contributed by atoms with van der Waals surface area (Å²) in [5, 5.41) is 3.71. The SMILES string of the molecule is CCCCNC1CCN(C)P(N(CC)CC)N1C. The molecule has 0 bridgehead atoms. The quantitative estimate of drug-likeness (QED) is 0.569. The van der Waals surface area contributed by atoms with Gasteiger partial charge in [0.15, 0.2) is 0 Å². The summed E-state index contributed by atoms with van der Waals surface area (Å²) in [5.41, 5.74) is 0. The van der Waals surface area contributed by atoms with E-state index in [2.05, 4.69) is 54.2 Å². The van der Waals surface area contributed by atoms with E-state index in [1.807, 2.05) is 0 Å². The molecule has 1 saturated heterocycles. The van der Waals surface area contributed by atoms with Gasteiger partial charge in [0.1, 0.15) is 8.37 Å². The Balaban J connectivity index is 2.58. The lowest BCUT2D eigenvalue weighted by molar-refractivity contribution is 0.225. The highest BCUT2D eigenvalue weighted by Crippen LogP contribution is 2.49. The van der Waals surface area contributed by atoms with Crippen molar-refractivity contribution in [1.29, 1.82) is 0 Å². The van der Waals surface area contributed by atoms with Crippen molar-refractivity contribution in [3.63, 3.8) is 0 Å². The van der Waals surface area contributed by atoms with Crippen molar-refractivity contribution >= 4 is 8.37 Å². The number of hydrogen-bond donors (Lipinski definition) is 1. The molecule has 4 nitrogen and oxygen atoms in total. The van der Waals surface area contributed by atoms with Crippen LogP contribution < -0.4 is 5.32 Å². The highest BCUT2D eigenvalue weighted by atomic mass is 31.2. The van der Waals surface area contributed by atoms with E-state index in [4.69, 9.17) is 0 Å². The largest absolute Gasteiger partial charge is 0.301 e. The lowest BCUT2D eigenvalue weighted by Crippen LogP contribution is -2.51. The maximum absolute atomic E-state index is 3.71. The molecule has 0 radical (unpaired) electrons. The van der Waals surface area contributed by atoms with Crippen LogP contribution in [0.5, 0.6) is 0 Å². The third kappa shape index (κ3) is 4.14. The summed E-state index contributed by atoms with van der Waals surface area (Å²) in [6.07, 6.45) is 4.34. The van der Waals surface area contributed by atoms with E-state index >= 15 is 0 Å². The number of nitrogens with zero attached hydrogens (tertiary/aromatic N) is 3. The fourth-order valence-corrected chi connectivity index (χ4v) is 5.08. The molecule has 2 atom stereocenters. The average molecular weight is 274 g/mol. The summed E-state index contributed by atoms with van der Waals surface area (Å²) in [4.78, 5) is 0. The van der Waals surface area contributed by atoms with Crippen molar-refractivity contribution in [2.24, 2.45) is 0 Å². The van der Waals surface area contributed by atoms with Gasteiger partial charge in [-0.25, -0.2) is 4.67 Å². The first-order valence-electron chi connectivity index (χ1n) is 7.37. The first-order valence-corrected chi connectivity index (χ1v) is 8.57. The van der Waals surface area contributed by atoms with Gasteiger partial charge in [-0.3, -0.25) is 9.34 Å². The van der Waals surface area contributed by atoms with Gasteiger partial charge in [-0.2, -0.15) is 0 Å². The maximum atomic E-state index is 3.71. The summed E-state index contributed by atoms with van der Waals surface area (Å²) >= 11 is 0. The van der Waals surface area contributed by atoms with Gasteiger partial charge in [0.2, 0.25) is 0 Å². The van der Waals surface area contributed by atoms with Crippen LogP contribution in [0.1, 0.15) is 40.0 Å². The molecule has 0 amide bonds. The van der Waals surface area contributed by atoms with Crippen LogP contribution in [0.2, 0.25) is 0 Å². The van der Waals surface area contributed by atoms with E-state index < -0.39 is 0 Å². The smallest absolute Gasteiger partial charge is 0.121 e. The van der Waals surface area contributed by atoms with Gasteiger partial charge in [-0.1, -0.05) is 27.2 Å². The third-order valence-corrected chi connectivity index (χ3v) is 6.38. The zero-order chi connectivity index (χ0) is 13.5. The first-order chi connectivity index (χ1) is 8.65. The first kappa shape index (κ1) is 16.3. The van der Waals surface area contributed by atoms with E-state index in [-0.39, 0.29) is 8.37 Å². The molecule has 0 aromatic rings. The summed E-state index contributed by atoms with van der Waals surface area (Å²) in [7, 11) is 4.27. The third-order valence-electron chi connectivity index (χ3n) is 3.66.